The third kappa shape index (κ3) is 18.6. The summed E-state index contributed by atoms with van der Waals surface area (Å²) in [7, 11) is 3.82. The van der Waals surface area contributed by atoms with Gasteiger partial charge in [0.05, 0.1) is 0 Å². The molecule has 0 saturated carbocycles. The first-order chi connectivity index (χ1) is 6.22. The molecule has 13 heavy (non-hydrogen) atoms. The van der Waals surface area contributed by atoms with Crippen LogP contribution in [0, 0.1) is 0 Å². The van der Waals surface area contributed by atoms with E-state index in [2.05, 4.69) is 17.6 Å². The van der Waals surface area contributed by atoms with Crippen molar-refractivity contribution in [2.45, 2.75) is 13.8 Å². The second kappa shape index (κ2) is 14.2. The molecule has 0 aromatic rings. The smallest absolute Gasteiger partial charge is 0.0375 e. The van der Waals surface area contributed by atoms with Gasteiger partial charge in [-0.1, -0.05) is 30.7 Å². The van der Waals surface area contributed by atoms with Gasteiger partial charge in [-0.3, -0.25) is 0 Å². The van der Waals surface area contributed by atoms with Crippen molar-refractivity contribution in [1.29, 1.82) is 0 Å². The van der Waals surface area contributed by atoms with E-state index in [0.717, 1.165) is 18.1 Å². The molecule has 0 aliphatic rings. The third-order valence-corrected chi connectivity index (χ3v) is 1.46. The van der Waals surface area contributed by atoms with Crippen LogP contribution in [-0.2, 0) is 0 Å². The van der Waals surface area contributed by atoms with Crippen molar-refractivity contribution in [2.24, 2.45) is 0 Å². The Labute approximate surface area is 87.1 Å². The molecule has 0 spiro atoms. The van der Waals surface area contributed by atoms with E-state index in [1.54, 1.807) is 0 Å². The zero-order valence-corrected chi connectivity index (χ0v) is 9.78. The Kier molecular flexibility index (Phi) is 16.6. The first kappa shape index (κ1) is 15.2. The first-order valence-corrected chi connectivity index (χ1v) is 4.88. The van der Waals surface area contributed by atoms with Crippen molar-refractivity contribution in [3.8, 4) is 0 Å². The highest BCUT2D eigenvalue weighted by Gasteiger charge is 1.79. The van der Waals surface area contributed by atoms with Crippen LogP contribution < -0.4 is 10.6 Å². The molecule has 2 N–H and O–H groups in total. The molecule has 78 valence electrons. The summed E-state index contributed by atoms with van der Waals surface area (Å²) in [6, 6.07) is 0. The van der Waals surface area contributed by atoms with E-state index >= 15 is 0 Å². The fraction of sp³-hybridized carbons (Fsp3) is 0.600. The van der Waals surface area contributed by atoms with Crippen LogP contribution in [0.3, 0.4) is 0 Å². The summed E-state index contributed by atoms with van der Waals surface area (Å²) >= 11 is 5.69. The largest absolute Gasteiger partial charge is 0.320 e. The monoisotopic (exact) mass is 204 g/mol. The van der Waals surface area contributed by atoms with Gasteiger partial charge in [-0.2, -0.15) is 0 Å². The molecular weight excluding hydrogens is 184 g/mol. The molecule has 0 atom stereocenters. The average Bonchev–Trinajstić information content (AvgIpc) is 2.16. The fourth-order valence-electron chi connectivity index (χ4n) is 0.427. The van der Waals surface area contributed by atoms with Crippen molar-refractivity contribution in [2.75, 3.05) is 27.2 Å². The number of rotatable bonds is 4. The van der Waals surface area contributed by atoms with E-state index in [1.807, 2.05) is 39.2 Å². The number of allylic oxidation sites excluding steroid dienone is 3. The zero-order valence-electron chi connectivity index (χ0n) is 9.02. The van der Waals surface area contributed by atoms with E-state index in [9.17, 15) is 0 Å². The molecule has 2 nitrogen and oxygen atoms in total. The van der Waals surface area contributed by atoms with Crippen molar-refractivity contribution in [3.63, 3.8) is 0 Å². The maximum Gasteiger partial charge on any atom is 0.0375 e. The van der Waals surface area contributed by atoms with Gasteiger partial charge in [-0.15, -0.1) is 0 Å². The Morgan fingerprint density at radius 1 is 1.31 bits per heavy atom. The van der Waals surface area contributed by atoms with Gasteiger partial charge in [0.25, 0.3) is 0 Å². The number of hydrogen-bond acceptors (Lipinski definition) is 2. The molecule has 0 aliphatic heterocycles. The summed E-state index contributed by atoms with van der Waals surface area (Å²) in [6.07, 6.45) is 5.69. The molecule has 0 unspecified atom stereocenters. The van der Waals surface area contributed by atoms with E-state index in [1.165, 1.54) is 0 Å². The Balaban J connectivity index is 0. The van der Waals surface area contributed by atoms with E-state index in [0.29, 0.717) is 0 Å². The highest BCUT2D eigenvalue weighted by molar-refractivity contribution is 6.31. The molecule has 3 heteroatoms. The lowest BCUT2D eigenvalue weighted by molar-refractivity contribution is 0.864. The van der Waals surface area contributed by atoms with Gasteiger partial charge in [-0.25, -0.2) is 0 Å². The SMILES string of the molecule is C/C=C\C(Cl)=C/CNC.CCNC. The predicted molar refractivity (Wildman–Crippen MR) is 62.3 cm³/mol. The van der Waals surface area contributed by atoms with Gasteiger partial charge < -0.3 is 10.6 Å². The second-order valence-electron chi connectivity index (χ2n) is 2.35. The van der Waals surface area contributed by atoms with Crippen LogP contribution in [0.1, 0.15) is 13.8 Å². The van der Waals surface area contributed by atoms with Gasteiger partial charge in [-0.05, 0) is 33.6 Å². The Morgan fingerprint density at radius 3 is 2.15 bits per heavy atom. The summed E-state index contributed by atoms with van der Waals surface area (Å²) in [6.45, 7) is 5.90. The summed E-state index contributed by atoms with van der Waals surface area (Å²) < 4.78 is 0. The molecule has 0 aliphatic carbocycles. The van der Waals surface area contributed by atoms with Crippen LogP contribution in [0.4, 0.5) is 0 Å². The maximum atomic E-state index is 5.69. The molecule has 0 fully saturated rings. The lowest BCUT2D eigenvalue weighted by atomic mass is 10.4. The normalized spacial score (nSPS) is 11.3. The van der Waals surface area contributed by atoms with Crippen LogP contribution >= 0.6 is 11.6 Å². The Hall–Kier alpha value is -0.310. The minimum atomic E-state index is 0.784. The standard InChI is InChI=1S/C7H12ClN.C3H9N/c1-3-4-7(8)5-6-9-2;1-3-4-2/h3-5,9H,6H2,1-2H3;4H,3H2,1-2H3/b4-3-,7-5+;. The van der Waals surface area contributed by atoms with Crippen LogP contribution in [0.15, 0.2) is 23.3 Å². The first-order valence-electron chi connectivity index (χ1n) is 4.50. The molecule has 0 amide bonds. The van der Waals surface area contributed by atoms with E-state index < -0.39 is 0 Å². The summed E-state index contributed by atoms with van der Waals surface area (Å²) in [5.41, 5.74) is 0. The average molecular weight is 205 g/mol. The minimum Gasteiger partial charge on any atom is -0.320 e. The Morgan fingerprint density at radius 2 is 1.85 bits per heavy atom. The van der Waals surface area contributed by atoms with Crippen LogP contribution in [0.5, 0.6) is 0 Å². The molecule has 0 saturated heterocycles. The Bertz CT molecular complexity index is 140. The van der Waals surface area contributed by atoms with Gasteiger partial charge in [0.2, 0.25) is 0 Å². The quantitative estimate of drug-likeness (QED) is 0.686. The molecule has 0 aromatic heterocycles. The van der Waals surface area contributed by atoms with Crippen molar-refractivity contribution in [3.05, 3.63) is 23.3 Å². The molecule has 0 rings (SSSR count). The number of likely N-dealkylation sites (N-methyl/N-ethyl adjacent to an activating group) is 1. The minimum absolute atomic E-state index is 0.784. The van der Waals surface area contributed by atoms with Crippen molar-refractivity contribution >= 4 is 11.6 Å². The van der Waals surface area contributed by atoms with Gasteiger partial charge in [0.1, 0.15) is 0 Å². The van der Waals surface area contributed by atoms with E-state index in [-0.39, 0.29) is 0 Å². The number of hydrogen-bond donors (Lipinski definition) is 2. The third-order valence-electron chi connectivity index (χ3n) is 1.18. The topological polar surface area (TPSA) is 24.1 Å². The fourth-order valence-corrected chi connectivity index (χ4v) is 0.630. The van der Waals surface area contributed by atoms with Gasteiger partial charge >= 0.3 is 0 Å². The summed E-state index contributed by atoms with van der Waals surface area (Å²) in [4.78, 5) is 0. The maximum absolute atomic E-state index is 5.69. The van der Waals surface area contributed by atoms with Gasteiger partial charge in [0.15, 0.2) is 0 Å². The highest BCUT2D eigenvalue weighted by atomic mass is 35.5. The lowest BCUT2D eigenvalue weighted by Gasteiger charge is -1.88. The summed E-state index contributed by atoms with van der Waals surface area (Å²) in [5, 5.41) is 6.68. The van der Waals surface area contributed by atoms with Gasteiger partial charge in [0, 0.05) is 11.6 Å². The number of nitrogens with one attached hydrogen (secondary N) is 2. The zero-order chi connectivity index (χ0) is 10.5. The second-order valence-corrected chi connectivity index (χ2v) is 2.79. The molecule has 0 heterocycles. The number of halogens is 1. The molecule has 0 radical (unpaired) electrons. The van der Waals surface area contributed by atoms with Crippen LogP contribution in [0.2, 0.25) is 0 Å². The molecular formula is C10H21ClN2. The van der Waals surface area contributed by atoms with Crippen molar-refractivity contribution in [1.82, 2.24) is 10.6 Å². The van der Waals surface area contributed by atoms with Crippen LogP contribution in [0.25, 0.3) is 0 Å². The summed E-state index contributed by atoms with van der Waals surface area (Å²) in [5.74, 6) is 0. The highest BCUT2D eigenvalue weighted by Crippen LogP contribution is 2.00. The molecule has 0 aromatic carbocycles. The van der Waals surface area contributed by atoms with Crippen molar-refractivity contribution < 1.29 is 0 Å². The van der Waals surface area contributed by atoms with Crippen LogP contribution in [-0.4, -0.2) is 27.2 Å². The predicted octanol–water partition coefficient (Wildman–Crippen LogP) is 2.13. The lowest BCUT2D eigenvalue weighted by Crippen LogP contribution is -2.04. The van der Waals surface area contributed by atoms with E-state index in [4.69, 9.17) is 11.6 Å². The molecule has 0 bridgehead atoms.